The minimum Gasteiger partial charge on any atom is -0.354 e. The Kier molecular flexibility index (Phi) is 5.45. The molecule has 0 aromatic carbocycles. The smallest absolute Gasteiger partial charge is 0.327 e. The van der Waals surface area contributed by atoms with Crippen LogP contribution in [0.5, 0.6) is 0 Å². The van der Waals surface area contributed by atoms with E-state index < -0.39 is 5.54 Å². The monoisotopic (exact) mass is 347 g/mol. The number of hydrogen-bond acceptors (Lipinski definition) is 3. The average molecular weight is 347 g/mol. The van der Waals surface area contributed by atoms with Gasteiger partial charge in [0.15, 0.2) is 0 Å². The Morgan fingerprint density at radius 2 is 1.92 bits per heavy atom. The lowest BCUT2D eigenvalue weighted by atomic mass is 9.81. The molecule has 0 bridgehead atoms. The van der Waals surface area contributed by atoms with E-state index in [0.29, 0.717) is 19.4 Å². The fourth-order valence-electron chi connectivity index (χ4n) is 4.36. The standard InChI is InChI=1S/C19H29N3O3/c1-21-18(25)22(17(24)19(21)11-6-3-7-12-19)14-16(23)20-13-10-15-8-4-2-5-9-15/h8H,2-7,9-14H2,1H3,(H,20,23). The summed E-state index contributed by atoms with van der Waals surface area (Å²) >= 11 is 0. The lowest BCUT2D eigenvalue weighted by molar-refractivity contribution is -0.137. The van der Waals surface area contributed by atoms with E-state index in [2.05, 4.69) is 11.4 Å². The first-order chi connectivity index (χ1) is 12.0. The highest BCUT2D eigenvalue weighted by atomic mass is 16.2. The second-order valence-electron chi connectivity index (χ2n) is 7.53. The lowest BCUT2D eigenvalue weighted by Gasteiger charge is -2.35. The second kappa shape index (κ2) is 7.58. The topological polar surface area (TPSA) is 69.7 Å². The molecule has 4 amide bonds. The zero-order chi connectivity index (χ0) is 17.9. The average Bonchev–Trinajstić information content (AvgIpc) is 2.80. The summed E-state index contributed by atoms with van der Waals surface area (Å²) in [4.78, 5) is 40.2. The van der Waals surface area contributed by atoms with Gasteiger partial charge in [-0.05, 0) is 44.9 Å². The highest BCUT2D eigenvalue weighted by molar-refractivity contribution is 6.08. The number of nitrogens with zero attached hydrogens (tertiary/aromatic N) is 2. The Morgan fingerprint density at radius 3 is 2.60 bits per heavy atom. The first-order valence-corrected chi connectivity index (χ1v) is 9.59. The number of hydrogen-bond donors (Lipinski definition) is 1. The first kappa shape index (κ1) is 18.0. The minimum absolute atomic E-state index is 0.164. The van der Waals surface area contributed by atoms with Gasteiger partial charge in [-0.3, -0.25) is 14.5 Å². The van der Waals surface area contributed by atoms with Crippen LogP contribution in [-0.4, -0.2) is 53.3 Å². The number of imide groups is 1. The van der Waals surface area contributed by atoms with Gasteiger partial charge in [0.05, 0.1) is 0 Å². The van der Waals surface area contributed by atoms with Gasteiger partial charge >= 0.3 is 6.03 Å². The summed E-state index contributed by atoms with van der Waals surface area (Å²) in [5.41, 5.74) is 0.698. The molecule has 1 saturated carbocycles. The second-order valence-corrected chi connectivity index (χ2v) is 7.53. The molecule has 0 aromatic rings. The molecule has 0 radical (unpaired) electrons. The molecule has 2 fully saturated rings. The van der Waals surface area contributed by atoms with Crippen LogP contribution >= 0.6 is 0 Å². The number of carbonyl (C=O) groups is 3. The molecule has 6 nitrogen and oxygen atoms in total. The molecule has 0 atom stereocenters. The minimum atomic E-state index is -0.706. The summed E-state index contributed by atoms with van der Waals surface area (Å²) in [7, 11) is 1.69. The summed E-state index contributed by atoms with van der Waals surface area (Å²) in [5.74, 6) is -0.441. The van der Waals surface area contributed by atoms with Crippen LogP contribution in [0.15, 0.2) is 11.6 Å². The SMILES string of the molecule is CN1C(=O)N(CC(=O)NCCC2=CCCCC2)C(=O)C12CCCCC2. The summed E-state index contributed by atoms with van der Waals surface area (Å²) in [6.45, 7) is 0.407. The van der Waals surface area contributed by atoms with E-state index in [1.165, 1.54) is 18.4 Å². The van der Waals surface area contributed by atoms with Gasteiger partial charge in [0.2, 0.25) is 5.91 Å². The molecular weight excluding hydrogens is 318 g/mol. The van der Waals surface area contributed by atoms with E-state index in [4.69, 9.17) is 0 Å². The summed E-state index contributed by atoms with van der Waals surface area (Å²) in [6.07, 6.45) is 12.3. The number of allylic oxidation sites excluding steroid dienone is 1. The number of nitrogens with one attached hydrogen (secondary N) is 1. The normalized spacial score (nSPS) is 23.2. The van der Waals surface area contributed by atoms with Crippen molar-refractivity contribution in [3.63, 3.8) is 0 Å². The molecule has 2 aliphatic carbocycles. The largest absolute Gasteiger partial charge is 0.354 e. The van der Waals surface area contributed by atoms with Crippen molar-refractivity contribution in [3.05, 3.63) is 11.6 Å². The van der Waals surface area contributed by atoms with Crippen LogP contribution in [0.25, 0.3) is 0 Å². The van der Waals surface area contributed by atoms with Gasteiger partial charge in [-0.1, -0.05) is 30.9 Å². The predicted octanol–water partition coefficient (Wildman–Crippen LogP) is 2.59. The van der Waals surface area contributed by atoms with Gasteiger partial charge in [0, 0.05) is 13.6 Å². The van der Waals surface area contributed by atoms with Gasteiger partial charge in [-0.15, -0.1) is 0 Å². The van der Waals surface area contributed by atoms with E-state index in [0.717, 1.165) is 43.4 Å². The number of rotatable bonds is 5. The zero-order valence-corrected chi connectivity index (χ0v) is 15.2. The van der Waals surface area contributed by atoms with Crippen LogP contribution in [0.4, 0.5) is 4.79 Å². The first-order valence-electron chi connectivity index (χ1n) is 9.59. The van der Waals surface area contributed by atoms with E-state index in [9.17, 15) is 14.4 Å². The Hall–Kier alpha value is -1.85. The van der Waals surface area contributed by atoms with Gasteiger partial charge in [-0.25, -0.2) is 4.79 Å². The van der Waals surface area contributed by atoms with E-state index in [1.54, 1.807) is 11.9 Å². The molecular formula is C19H29N3O3. The number of amides is 4. The fourth-order valence-corrected chi connectivity index (χ4v) is 4.36. The van der Waals surface area contributed by atoms with Crippen LogP contribution in [0.3, 0.4) is 0 Å². The highest BCUT2D eigenvalue weighted by Gasteiger charge is 2.55. The Labute approximate surface area is 149 Å². The molecule has 1 aliphatic heterocycles. The third kappa shape index (κ3) is 3.58. The highest BCUT2D eigenvalue weighted by Crippen LogP contribution is 2.39. The maximum atomic E-state index is 12.8. The summed E-state index contributed by atoms with van der Waals surface area (Å²) in [5, 5.41) is 2.86. The van der Waals surface area contributed by atoms with E-state index >= 15 is 0 Å². The molecule has 25 heavy (non-hydrogen) atoms. The van der Waals surface area contributed by atoms with Gasteiger partial charge < -0.3 is 10.2 Å². The van der Waals surface area contributed by atoms with Crippen molar-refractivity contribution in [2.45, 2.75) is 69.7 Å². The van der Waals surface area contributed by atoms with Crippen molar-refractivity contribution in [2.75, 3.05) is 20.1 Å². The lowest BCUT2D eigenvalue weighted by Crippen LogP contribution is -2.49. The van der Waals surface area contributed by atoms with Crippen molar-refractivity contribution >= 4 is 17.8 Å². The Balaban J connectivity index is 1.53. The quantitative estimate of drug-likeness (QED) is 0.614. The van der Waals surface area contributed by atoms with Crippen molar-refractivity contribution in [2.24, 2.45) is 0 Å². The summed E-state index contributed by atoms with van der Waals surface area (Å²) in [6, 6.07) is -0.336. The van der Waals surface area contributed by atoms with Crippen LogP contribution in [0.1, 0.15) is 64.2 Å². The number of likely N-dealkylation sites (N-methyl/N-ethyl adjacent to an activating group) is 1. The number of urea groups is 1. The van der Waals surface area contributed by atoms with Crippen molar-refractivity contribution in [1.29, 1.82) is 0 Å². The van der Waals surface area contributed by atoms with E-state index in [-0.39, 0.29) is 24.4 Å². The van der Waals surface area contributed by atoms with Crippen LogP contribution in [0, 0.1) is 0 Å². The molecule has 3 rings (SSSR count). The Bertz CT molecular complexity index is 578. The third-order valence-corrected chi connectivity index (χ3v) is 5.94. The zero-order valence-electron chi connectivity index (χ0n) is 15.2. The van der Waals surface area contributed by atoms with Gasteiger partial charge in [0.1, 0.15) is 12.1 Å². The maximum Gasteiger partial charge on any atom is 0.327 e. The molecule has 1 spiro atoms. The van der Waals surface area contributed by atoms with Crippen molar-refractivity contribution < 1.29 is 14.4 Å². The number of carbonyl (C=O) groups excluding carboxylic acids is 3. The summed E-state index contributed by atoms with van der Waals surface area (Å²) < 4.78 is 0. The van der Waals surface area contributed by atoms with Crippen molar-refractivity contribution in [1.82, 2.24) is 15.1 Å². The Morgan fingerprint density at radius 1 is 1.16 bits per heavy atom. The molecule has 6 heteroatoms. The van der Waals surface area contributed by atoms with E-state index in [1.807, 2.05) is 0 Å². The molecule has 0 unspecified atom stereocenters. The molecule has 1 saturated heterocycles. The molecule has 0 aromatic heterocycles. The van der Waals surface area contributed by atoms with Crippen molar-refractivity contribution in [3.8, 4) is 0 Å². The van der Waals surface area contributed by atoms with Gasteiger partial charge in [-0.2, -0.15) is 0 Å². The fraction of sp³-hybridized carbons (Fsp3) is 0.737. The van der Waals surface area contributed by atoms with Crippen LogP contribution in [-0.2, 0) is 9.59 Å². The van der Waals surface area contributed by atoms with Gasteiger partial charge in [0.25, 0.3) is 5.91 Å². The molecule has 3 aliphatic rings. The maximum absolute atomic E-state index is 12.8. The molecule has 138 valence electrons. The third-order valence-electron chi connectivity index (χ3n) is 5.94. The van der Waals surface area contributed by atoms with Crippen LogP contribution in [0.2, 0.25) is 0 Å². The molecule has 1 N–H and O–H groups in total. The predicted molar refractivity (Wildman–Crippen MR) is 94.9 cm³/mol. The molecule has 1 heterocycles. The van der Waals surface area contributed by atoms with Crippen LogP contribution < -0.4 is 5.32 Å².